The molecule has 0 fully saturated rings. The van der Waals surface area contributed by atoms with Gasteiger partial charge in [-0.2, -0.15) is 0 Å². The molecule has 6 aromatic carbocycles. The lowest BCUT2D eigenvalue weighted by Gasteiger charge is -2.24. The van der Waals surface area contributed by atoms with Crippen LogP contribution in [-0.4, -0.2) is 27.8 Å². The van der Waals surface area contributed by atoms with Crippen LogP contribution < -0.4 is 9.47 Å². The molecule has 0 aliphatic heterocycles. The maximum atomic E-state index is 6.53. The fourth-order valence-electron chi connectivity index (χ4n) is 5.72. The minimum atomic E-state index is 0.0813. The van der Waals surface area contributed by atoms with E-state index in [0.717, 1.165) is 66.1 Å². The first-order valence-electron chi connectivity index (χ1n) is 14.5. The van der Waals surface area contributed by atoms with E-state index in [1.54, 1.807) is 14.2 Å². The molecular weight excluding hydrogens is 544 g/mol. The van der Waals surface area contributed by atoms with Gasteiger partial charge >= 0.3 is 0 Å². The lowest BCUT2D eigenvalue weighted by atomic mass is 9.86. The standard InChI is InChI=1S/C40H34O4/c1-5-27-15-19-29(20-16-27)35-23-31-11-7-9-13-33(31)37(39(35)43-25-41-3)38-34-14-10-8-12-32(34)24-36(40(38)44-26-42-4)30-21-17-28(6-2)18-22-30/h5-24H,1-2,25-26H2,3-4H3. The highest BCUT2D eigenvalue weighted by atomic mass is 16.7. The molecule has 0 saturated heterocycles. The van der Waals surface area contributed by atoms with Gasteiger partial charge in [-0.1, -0.05) is 122 Å². The molecule has 0 aliphatic rings. The molecular formula is C40H34O4. The van der Waals surface area contributed by atoms with Gasteiger partial charge in [0.25, 0.3) is 0 Å². The van der Waals surface area contributed by atoms with Gasteiger partial charge in [0.15, 0.2) is 13.6 Å². The van der Waals surface area contributed by atoms with Gasteiger partial charge in [-0.05, 0) is 55.9 Å². The minimum Gasteiger partial charge on any atom is -0.466 e. The third-order valence-corrected chi connectivity index (χ3v) is 7.81. The Morgan fingerprint density at radius 3 is 1.27 bits per heavy atom. The summed E-state index contributed by atoms with van der Waals surface area (Å²) >= 11 is 0. The summed E-state index contributed by atoms with van der Waals surface area (Å²) < 4.78 is 24.0. The van der Waals surface area contributed by atoms with Crippen molar-refractivity contribution < 1.29 is 18.9 Å². The molecule has 6 rings (SSSR count). The van der Waals surface area contributed by atoms with E-state index in [-0.39, 0.29) is 13.6 Å². The van der Waals surface area contributed by atoms with E-state index in [2.05, 4.69) is 122 Å². The van der Waals surface area contributed by atoms with Gasteiger partial charge in [-0.15, -0.1) is 0 Å². The van der Waals surface area contributed by atoms with Crippen LogP contribution in [0, 0.1) is 0 Å². The van der Waals surface area contributed by atoms with Crippen LogP contribution >= 0.6 is 0 Å². The number of hydrogen-bond donors (Lipinski definition) is 0. The summed E-state index contributed by atoms with van der Waals surface area (Å²) in [7, 11) is 3.27. The molecule has 44 heavy (non-hydrogen) atoms. The van der Waals surface area contributed by atoms with Crippen molar-refractivity contribution in [3.63, 3.8) is 0 Å². The van der Waals surface area contributed by atoms with Crippen molar-refractivity contribution >= 4 is 33.7 Å². The summed E-state index contributed by atoms with van der Waals surface area (Å²) in [6.07, 6.45) is 3.69. The van der Waals surface area contributed by atoms with Crippen molar-refractivity contribution in [3.8, 4) is 44.9 Å². The largest absolute Gasteiger partial charge is 0.466 e. The minimum absolute atomic E-state index is 0.0813. The molecule has 0 amide bonds. The Hall–Kier alpha value is -5.16. The van der Waals surface area contributed by atoms with E-state index in [1.807, 2.05) is 12.2 Å². The second kappa shape index (κ2) is 13.0. The van der Waals surface area contributed by atoms with Gasteiger partial charge in [-0.3, -0.25) is 0 Å². The second-order valence-electron chi connectivity index (χ2n) is 10.5. The molecule has 218 valence electrons. The summed E-state index contributed by atoms with van der Waals surface area (Å²) in [6.45, 7) is 8.01. The van der Waals surface area contributed by atoms with Crippen molar-refractivity contribution in [2.24, 2.45) is 0 Å². The maximum Gasteiger partial charge on any atom is 0.188 e. The van der Waals surface area contributed by atoms with Gasteiger partial charge < -0.3 is 18.9 Å². The van der Waals surface area contributed by atoms with Gasteiger partial charge in [0.05, 0.1) is 0 Å². The fourth-order valence-corrected chi connectivity index (χ4v) is 5.72. The van der Waals surface area contributed by atoms with Gasteiger partial charge in [0.2, 0.25) is 0 Å². The maximum absolute atomic E-state index is 6.53. The predicted octanol–water partition coefficient (Wildman–Crippen LogP) is 10.2. The smallest absolute Gasteiger partial charge is 0.188 e. The Kier molecular flexibility index (Phi) is 8.55. The quantitative estimate of drug-likeness (QED) is 0.143. The Bertz CT molecular complexity index is 1810. The number of rotatable bonds is 11. The Morgan fingerprint density at radius 2 is 0.909 bits per heavy atom. The predicted molar refractivity (Wildman–Crippen MR) is 183 cm³/mol. The number of methoxy groups -OCH3 is 2. The highest BCUT2D eigenvalue weighted by molar-refractivity contribution is 6.14. The molecule has 0 saturated carbocycles. The molecule has 0 unspecified atom stereocenters. The average molecular weight is 579 g/mol. The first-order chi connectivity index (χ1) is 21.7. The van der Waals surface area contributed by atoms with E-state index < -0.39 is 0 Å². The summed E-state index contributed by atoms with van der Waals surface area (Å²) in [5.74, 6) is 1.42. The van der Waals surface area contributed by atoms with Gasteiger partial charge in [0.1, 0.15) is 11.5 Å². The molecule has 0 atom stereocenters. The van der Waals surface area contributed by atoms with Crippen LogP contribution in [0.3, 0.4) is 0 Å². The zero-order valence-electron chi connectivity index (χ0n) is 25.0. The molecule has 0 radical (unpaired) electrons. The molecule has 0 heterocycles. The van der Waals surface area contributed by atoms with E-state index in [9.17, 15) is 0 Å². The van der Waals surface area contributed by atoms with E-state index in [4.69, 9.17) is 18.9 Å². The highest BCUT2D eigenvalue weighted by Gasteiger charge is 2.25. The first kappa shape index (κ1) is 28.9. The van der Waals surface area contributed by atoms with E-state index in [1.165, 1.54) is 0 Å². The zero-order chi connectivity index (χ0) is 30.5. The molecule has 4 nitrogen and oxygen atoms in total. The Labute approximate surface area is 258 Å². The number of ether oxygens (including phenoxy) is 4. The molecule has 0 N–H and O–H groups in total. The molecule has 0 aromatic heterocycles. The third kappa shape index (κ3) is 5.49. The van der Waals surface area contributed by atoms with Gasteiger partial charge in [0, 0.05) is 36.5 Å². The Morgan fingerprint density at radius 1 is 0.523 bits per heavy atom. The lowest BCUT2D eigenvalue weighted by molar-refractivity contribution is 0.0506. The monoisotopic (exact) mass is 578 g/mol. The van der Waals surface area contributed by atoms with E-state index >= 15 is 0 Å². The van der Waals surface area contributed by atoms with Crippen LogP contribution in [0.1, 0.15) is 11.1 Å². The SMILES string of the molecule is C=Cc1ccc(-c2cc3ccccc3c(-c3c(OCOC)c(-c4ccc(C=C)cc4)cc4ccccc34)c2OCOC)cc1. The summed E-state index contributed by atoms with van der Waals surface area (Å²) in [5.41, 5.74) is 7.89. The summed E-state index contributed by atoms with van der Waals surface area (Å²) in [6, 6.07) is 37.8. The molecule has 6 aromatic rings. The molecule has 0 bridgehead atoms. The third-order valence-electron chi connectivity index (χ3n) is 7.81. The van der Waals surface area contributed by atoms with E-state index in [0.29, 0.717) is 11.5 Å². The van der Waals surface area contributed by atoms with Gasteiger partial charge in [-0.25, -0.2) is 0 Å². The summed E-state index contributed by atoms with van der Waals surface area (Å²) in [4.78, 5) is 0. The number of fused-ring (bicyclic) bond motifs is 2. The normalized spacial score (nSPS) is 11.0. The van der Waals surface area contributed by atoms with Crippen LogP contribution in [0.25, 0.3) is 67.1 Å². The van der Waals surface area contributed by atoms with Crippen molar-refractivity contribution in [2.75, 3.05) is 27.8 Å². The van der Waals surface area contributed by atoms with Crippen molar-refractivity contribution in [2.45, 2.75) is 0 Å². The van der Waals surface area contributed by atoms with Crippen molar-refractivity contribution in [1.82, 2.24) is 0 Å². The Balaban J connectivity index is 1.77. The summed E-state index contributed by atoms with van der Waals surface area (Å²) in [5, 5.41) is 4.24. The molecule has 0 spiro atoms. The molecule has 0 aliphatic carbocycles. The molecule has 4 heteroatoms. The first-order valence-corrected chi connectivity index (χ1v) is 14.5. The zero-order valence-corrected chi connectivity index (χ0v) is 25.0. The van der Waals surface area contributed by atoms with Crippen LogP contribution in [0.15, 0.2) is 122 Å². The fraction of sp³-hybridized carbons (Fsp3) is 0.100. The van der Waals surface area contributed by atoms with Crippen molar-refractivity contribution in [1.29, 1.82) is 0 Å². The topological polar surface area (TPSA) is 36.9 Å². The van der Waals surface area contributed by atoms with Crippen LogP contribution in [-0.2, 0) is 9.47 Å². The van der Waals surface area contributed by atoms with Crippen LogP contribution in [0.2, 0.25) is 0 Å². The van der Waals surface area contributed by atoms with Crippen LogP contribution in [0.5, 0.6) is 11.5 Å². The lowest BCUT2D eigenvalue weighted by Crippen LogP contribution is -2.06. The van der Waals surface area contributed by atoms with Crippen molar-refractivity contribution in [3.05, 3.63) is 133 Å². The highest BCUT2D eigenvalue weighted by Crippen LogP contribution is 2.52. The number of hydrogen-bond acceptors (Lipinski definition) is 4. The van der Waals surface area contributed by atoms with Crippen LogP contribution in [0.4, 0.5) is 0 Å². The second-order valence-corrected chi connectivity index (χ2v) is 10.5. The average Bonchev–Trinajstić information content (AvgIpc) is 3.09. The number of benzene rings is 6.